The van der Waals surface area contributed by atoms with Gasteiger partial charge in [-0.25, -0.2) is 0 Å². The zero-order chi connectivity index (χ0) is 41.7. The third kappa shape index (κ3) is 40.9. The molecule has 0 aromatic rings. The van der Waals surface area contributed by atoms with Crippen LogP contribution < -0.4 is 5.32 Å². The minimum Gasteiger partial charge on any atom is -0.462 e. The Morgan fingerprint density at radius 2 is 0.877 bits per heavy atom. The fourth-order valence-electron chi connectivity index (χ4n) is 7.72. The van der Waals surface area contributed by atoms with Crippen LogP contribution in [0.3, 0.4) is 0 Å². The predicted molar refractivity (Wildman–Crippen MR) is 246 cm³/mol. The van der Waals surface area contributed by atoms with Crippen LogP contribution in [0.2, 0.25) is 0 Å². The lowest BCUT2D eigenvalue weighted by molar-refractivity contribution is -0.151. The molecule has 0 bridgehead atoms. The number of allylic oxidation sites excluding steroid dienone is 4. The highest BCUT2D eigenvalue weighted by molar-refractivity contribution is 5.77. The summed E-state index contributed by atoms with van der Waals surface area (Å²) >= 11 is 0. The number of rotatable bonds is 45. The Bertz CT molecular complexity index is 904. The van der Waals surface area contributed by atoms with E-state index in [1.807, 2.05) is 0 Å². The van der Waals surface area contributed by atoms with Crippen molar-refractivity contribution in [2.75, 3.05) is 6.61 Å². The molecule has 3 atom stereocenters. The number of esters is 1. The second-order valence-electron chi connectivity index (χ2n) is 17.3. The Kier molecular flexibility index (Phi) is 44.1. The van der Waals surface area contributed by atoms with Gasteiger partial charge in [0.15, 0.2) is 0 Å². The molecule has 0 heterocycles. The van der Waals surface area contributed by atoms with Gasteiger partial charge >= 0.3 is 5.97 Å². The van der Waals surface area contributed by atoms with E-state index < -0.39 is 18.2 Å². The van der Waals surface area contributed by atoms with Gasteiger partial charge in [0.05, 0.1) is 25.2 Å². The van der Waals surface area contributed by atoms with Crippen molar-refractivity contribution in [1.29, 1.82) is 0 Å². The van der Waals surface area contributed by atoms with Gasteiger partial charge in [0.25, 0.3) is 0 Å². The van der Waals surface area contributed by atoms with Gasteiger partial charge in [0.1, 0.15) is 6.10 Å². The number of nitrogens with one attached hydrogen (secondary N) is 1. The summed E-state index contributed by atoms with van der Waals surface area (Å²) in [6.07, 6.45) is 50.9. The number of ether oxygens (including phenoxy) is 1. The zero-order valence-electron chi connectivity index (χ0n) is 38.2. The first kappa shape index (κ1) is 55.3. The Morgan fingerprint density at radius 3 is 1.33 bits per heavy atom. The van der Waals surface area contributed by atoms with E-state index in [0.717, 1.165) is 77.0 Å². The molecule has 3 N–H and O–H groups in total. The molecule has 0 aromatic heterocycles. The Hall–Kier alpha value is -1.66. The van der Waals surface area contributed by atoms with Gasteiger partial charge in [-0.15, -0.1) is 0 Å². The average molecular weight is 804 g/mol. The zero-order valence-corrected chi connectivity index (χ0v) is 38.2. The van der Waals surface area contributed by atoms with Crippen LogP contribution in [-0.2, 0) is 14.3 Å². The summed E-state index contributed by atoms with van der Waals surface area (Å²) in [6.45, 7) is 6.45. The number of carbonyl (C=O) groups is 2. The van der Waals surface area contributed by atoms with Gasteiger partial charge < -0.3 is 20.3 Å². The second-order valence-corrected chi connectivity index (χ2v) is 17.3. The molecule has 3 unspecified atom stereocenters. The van der Waals surface area contributed by atoms with E-state index in [1.54, 1.807) is 0 Å². The standard InChI is InChI=1S/C51H97NO5/c1-4-7-10-13-16-19-22-24-25-27-29-32-35-38-41-44-51(56)57-47(42-39-36-33-30-28-26-23-20-17-14-11-8-5-2)45-50(55)52-48(46-53)49(54)43-40-37-34-31-21-18-15-12-9-6-3/h17,20,23,26,47-49,53-54H,4-16,18-19,21-22,24-25,27-46H2,1-3H3,(H,52,55)/b20-17+,26-23+. The smallest absolute Gasteiger partial charge is 0.306 e. The summed E-state index contributed by atoms with van der Waals surface area (Å²) in [6, 6.07) is -0.702. The van der Waals surface area contributed by atoms with Crippen LogP contribution in [0, 0.1) is 0 Å². The van der Waals surface area contributed by atoms with Gasteiger partial charge in [0.2, 0.25) is 5.91 Å². The van der Waals surface area contributed by atoms with Gasteiger partial charge in [0, 0.05) is 6.42 Å². The van der Waals surface area contributed by atoms with Crippen molar-refractivity contribution in [3.8, 4) is 0 Å². The second kappa shape index (κ2) is 45.4. The maximum absolute atomic E-state index is 13.2. The van der Waals surface area contributed by atoms with E-state index in [9.17, 15) is 19.8 Å². The third-order valence-corrected chi connectivity index (χ3v) is 11.6. The number of unbranched alkanes of at least 4 members (excludes halogenated alkanes) is 30. The van der Waals surface area contributed by atoms with E-state index in [2.05, 4.69) is 50.4 Å². The van der Waals surface area contributed by atoms with Crippen LogP contribution in [-0.4, -0.2) is 46.9 Å². The molecule has 0 radical (unpaired) electrons. The van der Waals surface area contributed by atoms with Crippen molar-refractivity contribution < 1.29 is 24.5 Å². The van der Waals surface area contributed by atoms with E-state index in [1.165, 1.54) is 141 Å². The van der Waals surface area contributed by atoms with Crippen molar-refractivity contribution in [1.82, 2.24) is 5.32 Å². The highest BCUT2D eigenvalue weighted by Gasteiger charge is 2.24. The highest BCUT2D eigenvalue weighted by Crippen LogP contribution is 2.18. The molecular formula is C51H97NO5. The summed E-state index contributed by atoms with van der Waals surface area (Å²) in [4.78, 5) is 26.1. The number of hydrogen-bond donors (Lipinski definition) is 3. The number of amides is 1. The average Bonchev–Trinajstić information content (AvgIpc) is 3.20. The van der Waals surface area contributed by atoms with Gasteiger partial charge in [-0.1, -0.05) is 225 Å². The first-order chi connectivity index (χ1) is 28.0. The van der Waals surface area contributed by atoms with Crippen LogP contribution in [0.1, 0.15) is 265 Å². The molecule has 336 valence electrons. The molecular weight excluding hydrogens is 707 g/mol. The third-order valence-electron chi connectivity index (χ3n) is 11.6. The molecule has 0 saturated heterocycles. The Morgan fingerprint density at radius 1 is 0.509 bits per heavy atom. The number of hydrogen-bond acceptors (Lipinski definition) is 5. The molecule has 0 aliphatic rings. The first-order valence-corrected chi connectivity index (χ1v) is 25.1. The normalized spacial score (nSPS) is 13.4. The molecule has 1 amide bonds. The van der Waals surface area contributed by atoms with Gasteiger partial charge in [-0.3, -0.25) is 9.59 Å². The Balaban J connectivity index is 4.57. The first-order valence-electron chi connectivity index (χ1n) is 25.1. The summed E-state index contributed by atoms with van der Waals surface area (Å²) in [5.41, 5.74) is 0. The van der Waals surface area contributed by atoms with E-state index in [0.29, 0.717) is 19.3 Å². The molecule has 6 nitrogen and oxygen atoms in total. The largest absolute Gasteiger partial charge is 0.462 e. The summed E-state index contributed by atoms with van der Waals surface area (Å²) < 4.78 is 5.92. The molecule has 6 heteroatoms. The fraction of sp³-hybridized carbons (Fsp3) is 0.882. The Labute approximate surface area is 354 Å². The molecule has 0 fully saturated rings. The molecule has 0 aliphatic carbocycles. The summed E-state index contributed by atoms with van der Waals surface area (Å²) in [5.74, 6) is -0.482. The van der Waals surface area contributed by atoms with Crippen molar-refractivity contribution in [2.24, 2.45) is 0 Å². The predicted octanol–water partition coefficient (Wildman–Crippen LogP) is 14.7. The minimum atomic E-state index is -0.787. The monoisotopic (exact) mass is 804 g/mol. The number of aliphatic hydroxyl groups is 2. The fourth-order valence-corrected chi connectivity index (χ4v) is 7.72. The minimum absolute atomic E-state index is 0.0689. The maximum Gasteiger partial charge on any atom is 0.306 e. The molecule has 0 spiro atoms. The van der Waals surface area contributed by atoms with Crippen molar-refractivity contribution in [3.05, 3.63) is 24.3 Å². The van der Waals surface area contributed by atoms with Gasteiger partial charge in [-0.05, 0) is 51.4 Å². The molecule has 0 aromatic carbocycles. The summed E-state index contributed by atoms with van der Waals surface area (Å²) in [5, 5.41) is 23.7. The lowest BCUT2D eigenvalue weighted by atomic mass is 10.0. The highest BCUT2D eigenvalue weighted by atomic mass is 16.5. The topological polar surface area (TPSA) is 95.9 Å². The SMILES string of the molecule is CCCCC/C=C/C=C/CCCCCCC(CC(=O)NC(CO)C(O)CCCCCCCCCCCC)OC(=O)CCCCCCCCCCCCCCCCC. The molecule has 57 heavy (non-hydrogen) atoms. The lowest BCUT2D eigenvalue weighted by Gasteiger charge is -2.24. The number of carbonyl (C=O) groups excluding carboxylic acids is 2. The van der Waals surface area contributed by atoms with Crippen LogP contribution >= 0.6 is 0 Å². The van der Waals surface area contributed by atoms with E-state index >= 15 is 0 Å². The number of aliphatic hydroxyl groups excluding tert-OH is 2. The molecule has 0 saturated carbocycles. The van der Waals surface area contributed by atoms with Gasteiger partial charge in [-0.2, -0.15) is 0 Å². The van der Waals surface area contributed by atoms with Crippen LogP contribution in [0.15, 0.2) is 24.3 Å². The molecule has 0 aliphatic heterocycles. The van der Waals surface area contributed by atoms with E-state index in [-0.39, 0.29) is 24.9 Å². The van der Waals surface area contributed by atoms with Crippen LogP contribution in [0.4, 0.5) is 0 Å². The lowest BCUT2D eigenvalue weighted by Crippen LogP contribution is -2.46. The van der Waals surface area contributed by atoms with Crippen LogP contribution in [0.5, 0.6) is 0 Å². The van der Waals surface area contributed by atoms with Crippen molar-refractivity contribution in [2.45, 2.75) is 283 Å². The quantitative estimate of drug-likeness (QED) is 0.0324. The molecule has 0 rings (SSSR count). The van der Waals surface area contributed by atoms with Crippen molar-refractivity contribution in [3.63, 3.8) is 0 Å². The summed E-state index contributed by atoms with van der Waals surface area (Å²) in [7, 11) is 0. The van der Waals surface area contributed by atoms with Crippen molar-refractivity contribution >= 4 is 11.9 Å². The maximum atomic E-state index is 13.2. The van der Waals surface area contributed by atoms with E-state index in [4.69, 9.17) is 4.74 Å². The van der Waals surface area contributed by atoms with Crippen LogP contribution in [0.25, 0.3) is 0 Å².